The minimum absolute atomic E-state index is 0.0361. The Kier molecular flexibility index (Phi) is 4.27. The van der Waals surface area contributed by atoms with Crippen molar-refractivity contribution in [3.8, 4) is 0 Å². The lowest BCUT2D eigenvalue weighted by molar-refractivity contribution is -0.139. The fourth-order valence-electron chi connectivity index (χ4n) is 1.19. The van der Waals surface area contributed by atoms with Crippen molar-refractivity contribution >= 4 is 11.9 Å². The molecular formula is C12H12O4. The zero-order valence-electron chi connectivity index (χ0n) is 8.84. The molecule has 1 rings (SSSR count). The maximum Gasteiger partial charge on any atom is 0.336 e. The van der Waals surface area contributed by atoms with Crippen LogP contribution in [0.1, 0.15) is 22.8 Å². The highest BCUT2D eigenvalue weighted by Gasteiger charge is 2.09. The molecule has 1 aromatic carbocycles. The Labute approximate surface area is 93.2 Å². The van der Waals surface area contributed by atoms with Crippen molar-refractivity contribution in [2.45, 2.75) is 13.5 Å². The molecule has 0 unspecified atom stereocenters. The maximum atomic E-state index is 11.0. The number of rotatable bonds is 4. The van der Waals surface area contributed by atoms with Gasteiger partial charge >= 0.3 is 11.9 Å². The molecule has 0 aliphatic carbocycles. The van der Waals surface area contributed by atoms with Crippen LogP contribution >= 0.6 is 0 Å². The molecule has 0 radical (unpaired) electrons. The molecule has 4 heteroatoms. The molecule has 0 saturated heterocycles. The third-order valence-electron chi connectivity index (χ3n) is 1.92. The number of hydrogen-bond acceptors (Lipinski definition) is 3. The monoisotopic (exact) mass is 220 g/mol. The van der Waals surface area contributed by atoms with E-state index in [1.807, 2.05) is 0 Å². The zero-order valence-corrected chi connectivity index (χ0v) is 8.84. The van der Waals surface area contributed by atoms with Gasteiger partial charge in [0.25, 0.3) is 0 Å². The smallest absolute Gasteiger partial charge is 0.336 e. The molecular weight excluding hydrogens is 208 g/mol. The van der Waals surface area contributed by atoms with Crippen LogP contribution in [0.3, 0.4) is 0 Å². The highest BCUT2D eigenvalue weighted by Crippen LogP contribution is 2.10. The molecule has 0 aromatic heterocycles. The Hall–Kier alpha value is -2.10. The molecule has 0 atom stereocenters. The first-order valence-electron chi connectivity index (χ1n) is 4.75. The van der Waals surface area contributed by atoms with E-state index in [2.05, 4.69) is 0 Å². The second kappa shape index (κ2) is 5.70. The summed E-state index contributed by atoms with van der Waals surface area (Å²) in [4.78, 5) is 21.9. The number of carboxylic acid groups (broad SMARTS) is 1. The Morgan fingerprint density at radius 1 is 1.38 bits per heavy atom. The van der Waals surface area contributed by atoms with Gasteiger partial charge in [0, 0.05) is 11.6 Å². The standard InChI is InChI=1S/C12H12O4/c1-2-5-11(13)16-8-9-6-3-4-7-10(9)12(14)15/h2-7H,8H2,1H3,(H,14,15). The fraction of sp³-hybridized carbons (Fsp3) is 0.167. The van der Waals surface area contributed by atoms with Crippen LogP contribution in [0.5, 0.6) is 0 Å². The van der Waals surface area contributed by atoms with Gasteiger partial charge in [0.15, 0.2) is 0 Å². The number of allylic oxidation sites excluding steroid dienone is 1. The van der Waals surface area contributed by atoms with Crippen LogP contribution in [0.15, 0.2) is 36.4 Å². The van der Waals surface area contributed by atoms with Crippen LogP contribution < -0.4 is 0 Å². The van der Waals surface area contributed by atoms with Gasteiger partial charge in [-0.15, -0.1) is 0 Å². The van der Waals surface area contributed by atoms with E-state index in [1.165, 1.54) is 12.1 Å². The Balaban J connectivity index is 2.74. The third kappa shape index (κ3) is 3.24. The number of benzene rings is 1. The van der Waals surface area contributed by atoms with Gasteiger partial charge in [0.05, 0.1) is 5.56 Å². The molecule has 0 amide bonds. The van der Waals surface area contributed by atoms with Gasteiger partial charge in [-0.25, -0.2) is 9.59 Å². The quantitative estimate of drug-likeness (QED) is 0.622. The van der Waals surface area contributed by atoms with Crippen molar-refractivity contribution in [2.24, 2.45) is 0 Å². The topological polar surface area (TPSA) is 63.6 Å². The molecule has 0 fully saturated rings. The van der Waals surface area contributed by atoms with Gasteiger partial charge < -0.3 is 9.84 Å². The van der Waals surface area contributed by atoms with Crippen molar-refractivity contribution in [2.75, 3.05) is 0 Å². The third-order valence-corrected chi connectivity index (χ3v) is 1.92. The predicted octanol–water partition coefficient (Wildman–Crippen LogP) is 2.00. The fourth-order valence-corrected chi connectivity index (χ4v) is 1.19. The van der Waals surface area contributed by atoms with Gasteiger partial charge in [0.1, 0.15) is 6.61 Å². The molecule has 4 nitrogen and oxygen atoms in total. The summed E-state index contributed by atoms with van der Waals surface area (Å²) in [5.41, 5.74) is 0.628. The largest absolute Gasteiger partial charge is 0.478 e. The molecule has 0 spiro atoms. The van der Waals surface area contributed by atoms with Crippen molar-refractivity contribution < 1.29 is 19.4 Å². The van der Waals surface area contributed by atoms with Crippen molar-refractivity contribution in [3.63, 3.8) is 0 Å². The molecule has 0 saturated carbocycles. The second-order valence-electron chi connectivity index (χ2n) is 3.07. The van der Waals surface area contributed by atoms with E-state index in [4.69, 9.17) is 9.84 Å². The lowest BCUT2D eigenvalue weighted by Crippen LogP contribution is -2.06. The van der Waals surface area contributed by atoms with Crippen LogP contribution in [-0.2, 0) is 16.1 Å². The molecule has 0 heterocycles. The minimum Gasteiger partial charge on any atom is -0.478 e. The second-order valence-corrected chi connectivity index (χ2v) is 3.07. The Bertz CT molecular complexity index is 421. The highest BCUT2D eigenvalue weighted by molar-refractivity contribution is 5.89. The van der Waals surface area contributed by atoms with Crippen LogP contribution in [0, 0.1) is 0 Å². The maximum absolute atomic E-state index is 11.0. The van der Waals surface area contributed by atoms with E-state index in [-0.39, 0.29) is 12.2 Å². The summed E-state index contributed by atoms with van der Waals surface area (Å²) < 4.78 is 4.87. The summed E-state index contributed by atoms with van der Waals surface area (Å²) in [5.74, 6) is -1.51. The first kappa shape index (κ1) is 12.0. The van der Waals surface area contributed by atoms with E-state index in [9.17, 15) is 9.59 Å². The Morgan fingerprint density at radius 3 is 2.69 bits per heavy atom. The van der Waals surface area contributed by atoms with E-state index in [0.717, 1.165) is 0 Å². The molecule has 1 aromatic rings. The van der Waals surface area contributed by atoms with Crippen LogP contribution in [0.25, 0.3) is 0 Å². The highest BCUT2D eigenvalue weighted by atomic mass is 16.5. The molecule has 0 bridgehead atoms. The zero-order chi connectivity index (χ0) is 12.0. The van der Waals surface area contributed by atoms with E-state index < -0.39 is 11.9 Å². The number of carbonyl (C=O) groups excluding carboxylic acids is 1. The number of ether oxygens (including phenoxy) is 1. The molecule has 0 aliphatic rings. The Morgan fingerprint density at radius 2 is 2.06 bits per heavy atom. The number of carboxylic acids is 1. The van der Waals surface area contributed by atoms with E-state index in [0.29, 0.717) is 5.56 Å². The normalized spacial score (nSPS) is 10.3. The SMILES string of the molecule is CC=CC(=O)OCc1ccccc1C(=O)O. The van der Waals surface area contributed by atoms with Crippen molar-refractivity contribution in [1.82, 2.24) is 0 Å². The summed E-state index contributed by atoms with van der Waals surface area (Å²) in [6.45, 7) is 1.66. The van der Waals surface area contributed by atoms with Gasteiger partial charge in [-0.05, 0) is 13.0 Å². The van der Waals surface area contributed by atoms with Gasteiger partial charge in [0.2, 0.25) is 0 Å². The van der Waals surface area contributed by atoms with Gasteiger partial charge in [-0.1, -0.05) is 24.3 Å². The average Bonchev–Trinajstić information content (AvgIpc) is 2.27. The molecule has 84 valence electrons. The van der Waals surface area contributed by atoms with Crippen molar-refractivity contribution in [1.29, 1.82) is 0 Å². The molecule has 16 heavy (non-hydrogen) atoms. The van der Waals surface area contributed by atoms with Crippen LogP contribution in [-0.4, -0.2) is 17.0 Å². The minimum atomic E-state index is -1.03. The van der Waals surface area contributed by atoms with E-state index in [1.54, 1.807) is 31.2 Å². The van der Waals surface area contributed by atoms with Crippen molar-refractivity contribution in [3.05, 3.63) is 47.5 Å². The summed E-state index contributed by atoms with van der Waals surface area (Å²) in [6.07, 6.45) is 2.84. The van der Waals surface area contributed by atoms with Gasteiger partial charge in [-0.2, -0.15) is 0 Å². The summed E-state index contributed by atoms with van der Waals surface area (Å²) in [6, 6.07) is 6.42. The summed E-state index contributed by atoms with van der Waals surface area (Å²) >= 11 is 0. The predicted molar refractivity (Wildman–Crippen MR) is 58.0 cm³/mol. The number of hydrogen-bond donors (Lipinski definition) is 1. The van der Waals surface area contributed by atoms with Crippen LogP contribution in [0.2, 0.25) is 0 Å². The number of esters is 1. The first-order chi connectivity index (χ1) is 7.65. The van der Waals surface area contributed by atoms with Crippen LogP contribution in [0.4, 0.5) is 0 Å². The molecule has 0 aliphatic heterocycles. The first-order valence-corrected chi connectivity index (χ1v) is 4.75. The lowest BCUT2D eigenvalue weighted by atomic mass is 10.1. The number of aromatic carboxylic acids is 1. The summed E-state index contributed by atoms with van der Waals surface area (Å²) in [5, 5.41) is 8.88. The van der Waals surface area contributed by atoms with Gasteiger partial charge in [-0.3, -0.25) is 0 Å². The average molecular weight is 220 g/mol. The number of carbonyl (C=O) groups is 2. The lowest BCUT2D eigenvalue weighted by Gasteiger charge is -2.05. The summed E-state index contributed by atoms with van der Waals surface area (Å²) in [7, 11) is 0. The van der Waals surface area contributed by atoms with E-state index >= 15 is 0 Å². The molecule has 1 N–H and O–H groups in total.